The highest BCUT2D eigenvalue weighted by Gasteiger charge is 2.29. The Hall–Kier alpha value is -3.22. The summed E-state index contributed by atoms with van der Waals surface area (Å²) in [6.07, 6.45) is 1.73. The molecule has 0 radical (unpaired) electrons. The molecule has 0 saturated heterocycles. The number of benzene rings is 2. The molecule has 25 heavy (non-hydrogen) atoms. The average Bonchev–Trinajstić information content (AvgIpc) is 3.40. The summed E-state index contributed by atoms with van der Waals surface area (Å²) in [4.78, 5) is 34.5. The third kappa shape index (κ3) is 4.41. The highest BCUT2D eigenvalue weighted by molar-refractivity contribution is 5.96. The minimum absolute atomic E-state index is 0.0108. The number of rotatable bonds is 6. The zero-order chi connectivity index (χ0) is 17.8. The lowest BCUT2D eigenvalue weighted by Crippen LogP contribution is -2.16. The van der Waals surface area contributed by atoms with Crippen molar-refractivity contribution in [2.45, 2.75) is 19.3 Å². The van der Waals surface area contributed by atoms with Crippen LogP contribution in [-0.4, -0.2) is 16.7 Å². The van der Waals surface area contributed by atoms with Gasteiger partial charge in [0.1, 0.15) is 0 Å². The van der Waals surface area contributed by atoms with Crippen LogP contribution in [0.5, 0.6) is 0 Å². The van der Waals surface area contributed by atoms with E-state index in [0.717, 1.165) is 12.8 Å². The van der Waals surface area contributed by atoms with Gasteiger partial charge in [-0.25, -0.2) is 0 Å². The second-order valence-electron chi connectivity index (χ2n) is 5.96. The van der Waals surface area contributed by atoms with Gasteiger partial charge in [0.05, 0.1) is 11.3 Å². The molecular weight excluding hydrogens is 322 g/mol. The van der Waals surface area contributed by atoms with Crippen molar-refractivity contribution < 1.29 is 14.5 Å². The Bertz CT molecular complexity index is 831. The Labute approximate surface area is 144 Å². The maximum absolute atomic E-state index is 12.2. The van der Waals surface area contributed by atoms with E-state index in [0.29, 0.717) is 16.9 Å². The van der Waals surface area contributed by atoms with Crippen LogP contribution in [0.15, 0.2) is 48.5 Å². The van der Waals surface area contributed by atoms with Gasteiger partial charge in [-0.3, -0.25) is 19.7 Å². The molecule has 3 rings (SSSR count). The topological polar surface area (TPSA) is 101 Å². The van der Waals surface area contributed by atoms with Crippen LogP contribution in [0.3, 0.4) is 0 Å². The predicted octanol–water partition coefficient (Wildman–Crippen LogP) is 3.12. The van der Waals surface area contributed by atoms with Crippen molar-refractivity contribution in [3.05, 3.63) is 64.2 Å². The van der Waals surface area contributed by atoms with Crippen molar-refractivity contribution in [2.24, 2.45) is 5.92 Å². The van der Waals surface area contributed by atoms with Gasteiger partial charge in [0.2, 0.25) is 11.8 Å². The maximum atomic E-state index is 12.2. The van der Waals surface area contributed by atoms with Crippen LogP contribution in [-0.2, 0) is 16.0 Å². The van der Waals surface area contributed by atoms with Gasteiger partial charge in [-0.2, -0.15) is 0 Å². The third-order valence-corrected chi connectivity index (χ3v) is 3.90. The maximum Gasteiger partial charge on any atom is 0.273 e. The molecule has 0 atom stereocenters. The van der Waals surface area contributed by atoms with Crippen molar-refractivity contribution >= 4 is 28.9 Å². The summed E-state index contributed by atoms with van der Waals surface area (Å²) in [7, 11) is 0. The molecule has 0 aliphatic heterocycles. The number of amides is 2. The molecule has 1 aliphatic rings. The Balaban J connectivity index is 1.65. The van der Waals surface area contributed by atoms with Crippen LogP contribution < -0.4 is 10.6 Å². The quantitative estimate of drug-likeness (QED) is 0.623. The van der Waals surface area contributed by atoms with E-state index < -0.39 is 4.92 Å². The molecule has 0 heterocycles. The lowest BCUT2D eigenvalue weighted by atomic mass is 10.1. The number of hydrogen-bond acceptors (Lipinski definition) is 4. The van der Waals surface area contributed by atoms with E-state index in [4.69, 9.17) is 0 Å². The second kappa shape index (κ2) is 7.12. The van der Waals surface area contributed by atoms with Gasteiger partial charge < -0.3 is 10.6 Å². The molecule has 1 aliphatic carbocycles. The molecule has 128 valence electrons. The SMILES string of the molecule is O=C(Cc1ccccc1[N+](=O)[O-])Nc1cccc(NC(=O)C2CC2)c1. The Kier molecular flexibility index (Phi) is 4.74. The lowest BCUT2D eigenvalue weighted by molar-refractivity contribution is -0.385. The van der Waals surface area contributed by atoms with Crippen LogP contribution in [0, 0.1) is 16.0 Å². The summed E-state index contributed by atoms with van der Waals surface area (Å²) in [6, 6.07) is 13.0. The van der Waals surface area contributed by atoms with Crippen molar-refractivity contribution in [3.8, 4) is 0 Å². The molecule has 1 fully saturated rings. The molecule has 0 spiro atoms. The normalized spacial score (nSPS) is 13.1. The molecule has 0 unspecified atom stereocenters. The fourth-order valence-corrected chi connectivity index (χ4v) is 2.48. The number of anilines is 2. The number of hydrogen-bond donors (Lipinski definition) is 2. The van der Waals surface area contributed by atoms with Crippen LogP contribution in [0.4, 0.5) is 17.1 Å². The second-order valence-corrected chi connectivity index (χ2v) is 5.96. The van der Waals surface area contributed by atoms with E-state index in [1.54, 1.807) is 42.5 Å². The van der Waals surface area contributed by atoms with Crippen LogP contribution in [0.1, 0.15) is 18.4 Å². The zero-order valence-corrected chi connectivity index (χ0v) is 13.4. The number of para-hydroxylation sites is 1. The molecule has 0 bridgehead atoms. The summed E-state index contributed by atoms with van der Waals surface area (Å²) in [5, 5.41) is 16.5. The fraction of sp³-hybridized carbons (Fsp3) is 0.222. The van der Waals surface area contributed by atoms with Gasteiger partial charge in [0, 0.05) is 28.9 Å². The van der Waals surface area contributed by atoms with E-state index in [1.807, 2.05) is 0 Å². The first-order valence-electron chi connectivity index (χ1n) is 7.96. The Morgan fingerprint density at radius 2 is 1.72 bits per heavy atom. The van der Waals surface area contributed by atoms with Gasteiger partial charge >= 0.3 is 0 Å². The lowest BCUT2D eigenvalue weighted by Gasteiger charge is -2.09. The monoisotopic (exact) mass is 339 g/mol. The molecule has 2 amide bonds. The summed E-state index contributed by atoms with van der Waals surface area (Å²) in [5.74, 6) is -0.278. The minimum atomic E-state index is -0.503. The Morgan fingerprint density at radius 3 is 2.40 bits per heavy atom. The molecule has 0 aromatic heterocycles. The van der Waals surface area contributed by atoms with Crippen molar-refractivity contribution in [2.75, 3.05) is 10.6 Å². The summed E-state index contributed by atoms with van der Waals surface area (Å²) in [5.41, 5.74) is 1.41. The predicted molar refractivity (Wildman–Crippen MR) is 93.2 cm³/mol. The number of nitro benzene ring substituents is 1. The van der Waals surface area contributed by atoms with Gasteiger partial charge in [0.25, 0.3) is 5.69 Å². The van der Waals surface area contributed by atoms with E-state index in [9.17, 15) is 19.7 Å². The van der Waals surface area contributed by atoms with Crippen LogP contribution in [0.25, 0.3) is 0 Å². The summed E-state index contributed by atoms with van der Waals surface area (Å²) < 4.78 is 0. The largest absolute Gasteiger partial charge is 0.326 e. The highest BCUT2D eigenvalue weighted by Crippen LogP contribution is 2.30. The van der Waals surface area contributed by atoms with Gasteiger partial charge in [-0.05, 0) is 31.0 Å². The first-order valence-corrected chi connectivity index (χ1v) is 7.96. The van der Waals surface area contributed by atoms with Gasteiger partial charge in [-0.15, -0.1) is 0 Å². The van der Waals surface area contributed by atoms with Crippen LogP contribution >= 0.6 is 0 Å². The first-order chi connectivity index (χ1) is 12.0. The highest BCUT2D eigenvalue weighted by atomic mass is 16.6. The fourth-order valence-electron chi connectivity index (χ4n) is 2.48. The van der Waals surface area contributed by atoms with E-state index in [1.165, 1.54) is 6.07 Å². The molecule has 2 N–H and O–H groups in total. The zero-order valence-electron chi connectivity index (χ0n) is 13.4. The number of nitrogens with zero attached hydrogens (tertiary/aromatic N) is 1. The van der Waals surface area contributed by atoms with Crippen molar-refractivity contribution in [1.82, 2.24) is 0 Å². The van der Waals surface area contributed by atoms with E-state index in [2.05, 4.69) is 10.6 Å². The molecule has 7 nitrogen and oxygen atoms in total. The third-order valence-electron chi connectivity index (χ3n) is 3.90. The van der Waals surface area contributed by atoms with Crippen molar-refractivity contribution in [1.29, 1.82) is 0 Å². The molecule has 2 aromatic rings. The van der Waals surface area contributed by atoms with Gasteiger partial charge in [0.15, 0.2) is 0 Å². The number of carbonyl (C=O) groups excluding carboxylic acids is 2. The standard InChI is InChI=1S/C18H17N3O4/c22-17(10-13-4-1-2-7-16(13)21(24)25)19-14-5-3-6-15(11-14)20-18(23)12-8-9-12/h1-7,11-12H,8-10H2,(H,19,22)(H,20,23). The van der Waals surface area contributed by atoms with Crippen LogP contribution in [0.2, 0.25) is 0 Å². The number of carbonyl (C=O) groups is 2. The number of nitrogens with one attached hydrogen (secondary N) is 2. The first kappa shape index (κ1) is 16.6. The van der Waals surface area contributed by atoms with Gasteiger partial charge in [-0.1, -0.05) is 24.3 Å². The summed E-state index contributed by atoms with van der Waals surface area (Å²) >= 11 is 0. The molecule has 1 saturated carbocycles. The number of nitro groups is 1. The van der Waals surface area contributed by atoms with E-state index >= 15 is 0 Å². The smallest absolute Gasteiger partial charge is 0.273 e. The van der Waals surface area contributed by atoms with E-state index in [-0.39, 0.29) is 29.8 Å². The molecule has 2 aromatic carbocycles. The minimum Gasteiger partial charge on any atom is -0.326 e. The van der Waals surface area contributed by atoms with Crippen molar-refractivity contribution in [3.63, 3.8) is 0 Å². The molecular formula is C18H17N3O4. The summed E-state index contributed by atoms with van der Waals surface area (Å²) in [6.45, 7) is 0. The average molecular weight is 339 g/mol. The molecule has 7 heteroatoms. The Morgan fingerprint density at radius 1 is 1.04 bits per heavy atom.